The van der Waals surface area contributed by atoms with E-state index >= 15 is 0 Å². The number of rotatable bonds is 3. The van der Waals surface area contributed by atoms with Crippen LogP contribution in [0.25, 0.3) is 0 Å². The van der Waals surface area contributed by atoms with Crippen molar-refractivity contribution in [3.8, 4) is 0 Å². The van der Waals surface area contributed by atoms with Crippen molar-refractivity contribution < 1.29 is 4.39 Å². The maximum absolute atomic E-state index is 12.8. The second-order valence-corrected chi connectivity index (χ2v) is 2.78. The second kappa shape index (κ2) is 3.16. The van der Waals surface area contributed by atoms with Crippen LogP contribution in [-0.2, 0) is 0 Å². The van der Waals surface area contributed by atoms with E-state index in [1.54, 1.807) is 0 Å². The lowest BCUT2D eigenvalue weighted by atomic mass is 9.81. The standard InChI is InChI=1S/C7H14FN/c8-7(4-5-9)6-2-1-3-6/h6-7H,1-5,9H2. The van der Waals surface area contributed by atoms with E-state index in [2.05, 4.69) is 0 Å². The van der Waals surface area contributed by atoms with Crippen LogP contribution in [0.2, 0.25) is 0 Å². The molecule has 2 N–H and O–H groups in total. The van der Waals surface area contributed by atoms with Crippen LogP contribution in [-0.4, -0.2) is 12.7 Å². The minimum atomic E-state index is -0.608. The molecule has 0 bridgehead atoms. The van der Waals surface area contributed by atoms with Crippen LogP contribution in [0, 0.1) is 5.92 Å². The molecular weight excluding hydrogens is 117 g/mol. The zero-order valence-electron chi connectivity index (χ0n) is 5.65. The lowest BCUT2D eigenvalue weighted by molar-refractivity contribution is 0.142. The van der Waals surface area contributed by atoms with Crippen LogP contribution in [0.3, 0.4) is 0 Å². The summed E-state index contributed by atoms with van der Waals surface area (Å²) in [5.41, 5.74) is 5.21. The zero-order chi connectivity index (χ0) is 6.69. The largest absolute Gasteiger partial charge is 0.330 e. The number of halogens is 1. The van der Waals surface area contributed by atoms with Crippen molar-refractivity contribution in [2.24, 2.45) is 11.7 Å². The Hall–Kier alpha value is -0.110. The van der Waals surface area contributed by atoms with Gasteiger partial charge in [-0.15, -0.1) is 0 Å². The summed E-state index contributed by atoms with van der Waals surface area (Å²) >= 11 is 0. The Balaban J connectivity index is 2.08. The van der Waals surface area contributed by atoms with E-state index in [0.29, 0.717) is 18.9 Å². The number of alkyl halides is 1. The molecule has 9 heavy (non-hydrogen) atoms. The van der Waals surface area contributed by atoms with Crippen LogP contribution in [0.5, 0.6) is 0 Å². The highest BCUT2D eigenvalue weighted by Crippen LogP contribution is 2.32. The van der Waals surface area contributed by atoms with Crippen molar-refractivity contribution >= 4 is 0 Å². The summed E-state index contributed by atoms with van der Waals surface area (Å²) in [6, 6.07) is 0. The fourth-order valence-electron chi connectivity index (χ4n) is 1.20. The van der Waals surface area contributed by atoms with Gasteiger partial charge < -0.3 is 5.73 Å². The summed E-state index contributed by atoms with van der Waals surface area (Å²) in [6.07, 6.45) is 3.34. The van der Waals surface area contributed by atoms with Gasteiger partial charge in [0.25, 0.3) is 0 Å². The van der Waals surface area contributed by atoms with Crippen LogP contribution < -0.4 is 5.73 Å². The molecule has 54 valence electrons. The molecule has 2 heteroatoms. The van der Waals surface area contributed by atoms with Gasteiger partial charge in [0.2, 0.25) is 0 Å². The monoisotopic (exact) mass is 131 g/mol. The molecule has 0 amide bonds. The first kappa shape index (κ1) is 7.00. The number of nitrogens with two attached hydrogens (primary N) is 1. The fourth-order valence-corrected chi connectivity index (χ4v) is 1.20. The number of hydrogen-bond acceptors (Lipinski definition) is 1. The van der Waals surface area contributed by atoms with E-state index in [1.165, 1.54) is 6.42 Å². The average molecular weight is 131 g/mol. The predicted molar refractivity (Wildman–Crippen MR) is 35.9 cm³/mol. The fraction of sp³-hybridized carbons (Fsp3) is 1.00. The van der Waals surface area contributed by atoms with E-state index < -0.39 is 6.17 Å². The molecule has 1 aliphatic carbocycles. The van der Waals surface area contributed by atoms with Gasteiger partial charge in [-0.2, -0.15) is 0 Å². The maximum atomic E-state index is 12.8. The Morgan fingerprint density at radius 2 is 2.22 bits per heavy atom. The molecule has 0 spiro atoms. The highest BCUT2D eigenvalue weighted by molar-refractivity contribution is 4.77. The van der Waals surface area contributed by atoms with Crippen LogP contribution in [0.4, 0.5) is 4.39 Å². The molecule has 0 aliphatic heterocycles. The average Bonchev–Trinajstić information content (AvgIpc) is 1.60. The Morgan fingerprint density at radius 1 is 1.56 bits per heavy atom. The highest BCUT2D eigenvalue weighted by atomic mass is 19.1. The Morgan fingerprint density at radius 3 is 2.56 bits per heavy atom. The minimum Gasteiger partial charge on any atom is -0.330 e. The summed E-state index contributed by atoms with van der Waals surface area (Å²) in [5.74, 6) is 0.355. The van der Waals surface area contributed by atoms with E-state index in [-0.39, 0.29) is 0 Å². The third-order valence-electron chi connectivity index (χ3n) is 2.10. The Bertz CT molecular complexity index is 81.0. The summed E-state index contributed by atoms with van der Waals surface area (Å²) in [7, 11) is 0. The van der Waals surface area contributed by atoms with Crippen molar-refractivity contribution in [3.63, 3.8) is 0 Å². The van der Waals surface area contributed by atoms with E-state index in [1.807, 2.05) is 0 Å². The van der Waals surface area contributed by atoms with Gasteiger partial charge in [-0.25, -0.2) is 4.39 Å². The normalized spacial score (nSPS) is 23.3. The first-order valence-corrected chi connectivity index (χ1v) is 3.68. The van der Waals surface area contributed by atoms with Gasteiger partial charge in [0.05, 0.1) is 0 Å². The molecule has 0 aromatic rings. The van der Waals surface area contributed by atoms with Crippen molar-refractivity contribution in [2.75, 3.05) is 6.54 Å². The summed E-state index contributed by atoms with van der Waals surface area (Å²) in [6.45, 7) is 0.498. The van der Waals surface area contributed by atoms with Crippen LogP contribution >= 0.6 is 0 Å². The van der Waals surface area contributed by atoms with E-state index in [9.17, 15) is 4.39 Å². The molecule has 0 aromatic heterocycles. The van der Waals surface area contributed by atoms with Crippen LogP contribution in [0.1, 0.15) is 25.7 Å². The molecule has 1 aliphatic rings. The molecular formula is C7H14FN. The van der Waals surface area contributed by atoms with E-state index in [4.69, 9.17) is 5.73 Å². The molecule has 0 aromatic carbocycles. The molecule has 1 rings (SSSR count). The van der Waals surface area contributed by atoms with Gasteiger partial charge >= 0.3 is 0 Å². The molecule has 0 heterocycles. The maximum Gasteiger partial charge on any atom is 0.104 e. The third-order valence-corrected chi connectivity index (χ3v) is 2.10. The highest BCUT2D eigenvalue weighted by Gasteiger charge is 2.25. The minimum absolute atomic E-state index is 0.355. The molecule has 1 saturated carbocycles. The van der Waals surface area contributed by atoms with Gasteiger partial charge in [0, 0.05) is 0 Å². The smallest absolute Gasteiger partial charge is 0.104 e. The lowest BCUT2D eigenvalue weighted by Gasteiger charge is -2.28. The molecule has 0 radical (unpaired) electrons. The Kier molecular flexibility index (Phi) is 2.46. The van der Waals surface area contributed by atoms with Gasteiger partial charge in [-0.3, -0.25) is 0 Å². The van der Waals surface area contributed by atoms with Crippen molar-refractivity contribution in [2.45, 2.75) is 31.9 Å². The second-order valence-electron chi connectivity index (χ2n) is 2.78. The summed E-state index contributed by atoms with van der Waals surface area (Å²) in [4.78, 5) is 0. The summed E-state index contributed by atoms with van der Waals surface area (Å²) in [5, 5.41) is 0. The van der Waals surface area contributed by atoms with Gasteiger partial charge in [-0.1, -0.05) is 6.42 Å². The first-order chi connectivity index (χ1) is 4.34. The van der Waals surface area contributed by atoms with Gasteiger partial charge in [-0.05, 0) is 31.7 Å². The van der Waals surface area contributed by atoms with Crippen molar-refractivity contribution in [1.29, 1.82) is 0 Å². The summed E-state index contributed by atoms with van der Waals surface area (Å²) < 4.78 is 12.8. The van der Waals surface area contributed by atoms with E-state index in [0.717, 1.165) is 12.8 Å². The molecule has 1 atom stereocenters. The van der Waals surface area contributed by atoms with Gasteiger partial charge in [0.15, 0.2) is 0 Å². The van der Waals surface area contributed by atoms with Gasteiger partial charge in [0.1, 0.15) is 6.17 Å². The molecule has 0 saturated heterocycles. The number of hydrogen-bond donors (Lipinski definition) is 1. The lowest BCUT2D eigenvalue weighted by Crippen LogP contribution is -2.25. The quantitative estimate of drug-likeness (QED) is 0.616. The predicted octanol–water partition coefficient (Wildman–Crippen LogP) is 1.47. The van der Waals surface area contributed by atoms with Crippen molar-refractivity contribution in [3.05, 3.63) is 0 Å². The molecule has 1 fully saturated rings. The first-order valence-electron chi connectivity index (χ1n) is 3.68. The van der Waals surface area contributed by atoms with Crippen LogP contribution in [0.15, 0.2) is 0 Å². The topological polar surface area (TPSA) is 26.0 Å². The SMILES string of the molecule is NCCC(F)C1CCC1. The van der Waals surface area contributed by atoms with Crippen molar-refractivity contribution in [1.82, 2.24) is 0 Å². The Labute approximate surface area is 55.4 Å². The molecule has 1 nitrogen and oxygen atoms in total. The third kappa shape index (κ3) is 1.65. The molecule has 1 unspecified atom stereocenters. The zero-order valence-corrected chi connectivity index (χ0v) is 5.65.